The summed E-state index contributed by atoms with van der Waals surface area (Å²) in [7, 11) is 2.11. The van der Waals surface area contributed by atoms with Crippen molar-refractivity contribution in [2.24, 2.45) is 0 Å². The summed E-state index contributed by atoms with van der Waals surface area (Å²) < 4.78 is 1.71. The Morgan fingerprint density at radius 1 is 0.907 bits per heavy atom. The Labute approximate surface area is 258 Å². The van der Waals surface area contributed by atoms with Gasteiger partial charge >= 0.3 is 0 Å². The Kier molecular flexibility index (Phi) is 9.42. The monoisotopic (exact) mass is 620 g/mol. The first-order valence-electron chi connectivity index (χ1n) is 13.7. The van der Waals surface area contributed by atoms with Gasteiger partial charge < -0.3 is 25.2 Å². The van der Waals surface area contributed by atoms with Crippen LogP contribution in [0.25, 0.3) is 11.1 Å². The molecular weight excluding hydrogens is 591 g/mol. The smallest absolute Gasteiger partial charge is 0.259 e. The molecule has 0 atom stereocenters. The van der Waals surface area contributed by atoms with Gasteiger partial charge in [-0.1, -0.05) is 35.3 Å². The molecule has 2 aromatic heterocycles. The maximum absolute atomic E-state index is 13.2. The van der Waals surface area contributed by atoms with Crippen molar-refractivity contribution < 1.29 is 14.7 Å². The van der Waals surface area contributed by atoms with Crippen LogP contribution in [-0.2, 0) is 6.54 Å². The third-order valence-electron chi connectivity index (χ3n) is 7.27. The minimum absolute atomic E-state index is 0.0619. The molecule has 3 heterocycles. The molecule has 0 aliphatic carbocycles. The number of benzene rings is 2. The van der Waals surface area contributed by atoms with E-state index in [4.69, 9.17) is 23.2 Å². The summed E-state index contributed by atoms with van der Waals surface area (Å²) in [5, 5.41) is 16.3. The molecular formula is C31H30Cl2N6O4. The number of phenolic OH excluding ortho intramolecular Hbond substituents is 1. The summed E-state index contributed by atoms with van der Waals surface area (Å²) in [5.74, 6) is -1.37. The molecule has 222 valence electrons. The van der Waals surface area contributed by atoms with Crippen molar-refractivity contribution in [3.63, 3.8) is 0 Å². The van der Waals surface area contributed by atoms with E-state index in [1.54, 1.807) is 47.2 Å². The average molecular weight is 622 g/mol. The van der Waals surface area contributed by atoms with Crippen molar-refractivity contribution in [2.75, 3.05) is 50.4 Å². The van der Waals surface area contributed by atoms with Gasteiger partial charge in [0, 0.05) is 73.9 Å². The zero-order valence-corrected chi connectivity index (χ0v) is 24.9. The molecule has 2 amide bonds. The third kappa shape index (κ3) is 7.41. The van der Waals surface area contributed by atoms with Crippen LogP contribution in [0.5, 0.6) is 5.75 Å². The Hall–Kier alpha value is -4.22. The predicted octanol–water partition coefficient (Wildman–Crippen LogP) is 4.67. The van der Waals surface area contributed by atoms with E-state index in [2.05, 4.69) is 32.5 Å². The fraction of sp³-hybridized carbons (Fsp3) is 0.226. The number of phenols is 1. The van der Waals surface area contributed by atoms with E-state index in [-0.39, 0.29) is 39.0 Å². The number of hydrogen-bond donors (Lipinski definition) is 3. The quantitative estimate of drug-likeness (QED) is 0.245. The largest absolute Gasteiger partial charge is 0.506 e. The molecule has 1 aliphatic heterocycles. The van der Waals surface area contributed by atoms with E-state index in [0.717, 1.165) is 32.7 Å². The van der Waals surface area contributed by atoms with E-state index >= 15 is 0 Å². The van der Waals surface area contributed by atoms with Gasteiger partial charge in [0.25, 0.3) is 17.4 Å². The van der Waals surface area contributed by atoms with Crippen molar-refractivity contribution in [2.45, 2.75) is 6.54 Å². The lowest BCUT2D eigenvalue weighted by molar-refractivity contribution is 0.102. The molecule has 1 saturated heterocycles. The second kappa shape index (κ2) is 13.4. The van der Waals surface area contributed by atoms with Gasteiger partial charge in [0.15, 0.2) is 0 Å². The molecule has 0 spiro atoms. The third-order valence-corrected chi connectivity index (χ3v) is 7.71. The van der Waals surface area contributed by atoms with Crippen molar-refractivity contribution in [1.82, 2.24) is 19.4 Å². The summed E-state index contributed by atoms with van der Waals surface area (Å²) in [5.41, 5.74) is 1.17. The Morgan fingerprint density at radius 3 is 2.35 bits per heavy atom. The lowest BCUT2D eigenvalue weighted by Crippen LogP contribution is -2.45. The summed E-state index contributed by atoms with van der Waals surface area (Å²) >= 11 is 11.9. The van der Waals surface area contributed by atoms with E-state index in [1.165, 1.54) is 24.4 Å². The molecule has 1 fully saturated rings. The number of piperazine rings is 1. The van der Waals surface area contributed by atoms with Gasteiger partial charge in [-0.2, -0.15) is 0 Å². The summed E-state index contributed by atoms with van der Waals surface area (Å²) in [6, 6.07) is 15.8. The molecule has 5 rings (SSSR count). The highest BCUT2D eigenvalue weighted by atomic mass is 35.5. The summed E-state index contributed by atoms with van der Waals surface area (Å²) in [4.78, 5) is 48.1. The van der Waals surface area contributed by atoms with Crippen LogP contribution in [0, 0.1) is 0 Å². The molecule has 12 heteroatoms. The second-order valence-corrected chi connectivity index (χ2v) is 11.1. The molecule has 43 heavy (non-hydrogen) atoms. The first-order chi connectivity index (χ1) is 20.7. The summed E-state index contributed by atoms with van der Waals surface area (Å²) in [6.45, 7) is 5.38. The van der Waals surface area contributed by atoms with Crippen LogP contribution in [0.15, 0.2) is 77.9 Å². The number of halogens is 2. The molecule has 0 radical (unpaired) electrons. The standard InChI is InChI=1S/C31H30Cl2N6O4/c1-37-11-13-38(14-12-37)15-16-39-10-2-3-24(31(39)43)20-4-6-21(7-5-20)29(41)36-28-25(17-23(33)18-26(28)40)30(42)35-27-9-8-22(32)19-34-27/h2-10,17-19,40H,11-16H2,1H3,(H,36,41)(H,34,35,42). The second-order valence-electron chi connectivity index (χ2n) is 10.3. The normalized spacial score (nSPS) is 13.9. The molecule has 0 bridgehead atoms. The predicted molar refractivity (Wildman–Crippen MR) is 168 cm³/mol. The van der Waals surface area contributed by atoms with Crippen LogP contribution in [0.4, 0.5) is 11.5 Å². The highest BCUT2D eigenvalue weighted by molar-refractivity contribution is 6.32. The Morgan fingerprint density at radius 2 is 1.65 bits per heavy atom. The highest BCUT2D eigenvalue weighted by Crippen LogP contribution is 2.32. The van der Waals surface area contributed by atoms with Gasteiger partial charge in [-0.05, 0) is 55.1 Å². The number of aromatic hydroxyl groups is 1. The van der Waals surface area contributed by atoms with E-state index in [1.807, 2.05) is 6.07 Å². The summed E-state index contributed by atoms with van der Waals surface area (Å²) in [6.07, 6.45) is 3.16. The number of amides is 2. The van der Waals surface area contributed by atoms with Gasteiger partial charge in [0.1, 0.15) is 11.6 Å². The molecule has 1 aliphatic rings. The topological polar surface area (TPSA) is 120 Å². The average Bonchev–Trinajstić information content (AvgIpc) is 3.00. The number of nitrogens with zero attached hydrogens (tertiary/aromatic N) is 4. The van der Waals surface area contributed by atoms with Crippen LogP contribution in [-0.4, -0.2) is 76.0 Å². The molecule has 4 aromatic rings. The van der Waals surface area contributed by atoms with Gasteiger partial charge in [0.05, 0.1) is 16.3 Å². The number of carbonyl (C=O) groups excluding carboxylic acids is 2. The maximum atomic E-state index is 13.2. The zero-order chi connectivity index (χ0) is 30.5. The first kappa shape index (κ1) is 30.2. The molecule has 0 saturated carbocycles. The van der Waals surface area contributed by atoms with Gasteiger partial charge in [0.2, 0.25) is 0 Å². The number of rotatable bonds is 8. The zero-order valence-electron chi connectivity index (χ0n) is 23.4. The van der Waals surface area contributed by atoms with Gasteiger partial charge in [-0.25, -0.2) is 4.98 Å². The van der Waals surface area contributed by atoms with E-state index in [0.29, 0.717) is 22.7 Å². The van der Waals surface area contributed by atoms with Crippen molar-refractivity contribution >= 4 is 46.5 Å². The number of hydrogen-bond acceptors (Lipinski definition) is 7. The van der Waals surface area contributed by atoms with Crippen LogP contribution >= 0.6 is 23.2 Å². The lowest BCUT2D eigenvalue weighted by Gasteiger charge is -2.32. The van der Waals surface area contributed by atoms with Crippen LogP contribution < -0.4 is 16.2 Å². The number of carbonyl (C=O) groups is 2. The van der Waals surface area contributed by atoms with Gasteiger partial charge in [-0.15, -0.1) is 0 Å². The molecule has 10 nitrogen and oxygen atoms in total. The number of nitrogens with one attached hydrogen (secondary N) is 2. The minimum atomic E-state index is -0.647. The fourth-order valence-electron chi connectivity index (χ4n) is 4.78. The minimum Gasteiger partial charge on any atom is -0.506 e. The van der Waals surface area contributed by atoms with Gasteiger partial charge in [-0.3, -0.25) is 19.3 Å². The number of aromatic nitrogens is 2. The van der Waals surface area contributed by atoms with E-state index in [9.17, 15) is 19.5 Å². The number of anilines is 2. The molecule has 3 N–H and O–H groups in total. The number of pyridine rings is 2. The highest BCUT2D eigenvalue weighted by Gasteiger charge is 2.20. The van der Waals surface area contributed by atoms with Crippen molar-refractivity contribution in [3.8, 4) is 16.9 Å². The number of likely N-dealkylation sites (N-methyl/N-ethyl adjacent to an activating group) is 1. The first-order valence-corrected chi connectivity index (χ1v) is 14.4. The molecule has 0 unspecified atom stereocenters. The van der Waals surface area contributed by atoms with Crippen LogP contribution in [0.2, 0.25) is 10.0 Å². The Balaban J connectivity index is 1.30. The maximum Gasteiger partial charge on any atom is 0.259 e. The van der Waals surface area contributed by atoms with E-state index < -0.39 is 11.8 Å². The lowest BCUT2D eigenvalue weighted by atomic mass is 10.0. The van der Waals surface area contributed by atoms with Crippen molar-refractivity contribution in [1.29, 1.82) is 0 Å². The van der Waals surface area contributed by atoms with Crippen LogP contribution in [0.3, 0.4) is 0 Å². The Bertz CT molecular complexity index is 1680. The molecule has 2 aromatic carbocycles. The van der Waals surface area contributed by atoms with Crippen LogP contribution in [0.1, 0.15) is 20.7 Å². The van der Waals surface area contributed by atoms with Crippen molar-refractivity contribution in [3.05, 3.63) is 105 Å². The SMILES string of the molecule is CN1CCN(CCn2cccc(-c3ccc(C(=O)Nc4c(O)cc(Cl)cc4C(=O)Nc4ccc(Cl)cn4)cc3)c2=O)CC1. The fourth-order valence-corrected chi connectivity index (χ4v) is 5.10.